The van der Waals surface area contributed by atoms with Gasteiger partial charge in [-0.05, 0) is 24.7 Å². The van der Waals surface area contributed by atoms with Crippen molar-refractivity contribution < 1.29 is 9.32 Å². The molecule has 0 spiro atoms. The second-order valence-electron chi connectivity index (χ2n) is 3.57. The third-order valence-electron chi connectivity index (χ3n) is 2.24. The second kappa shape index (κ2) is 5.27. The third kappa shape index (κ3) is 2.92. The number of benzene rings is 1. The largest absolute Gasteiger partial charge is 0.364 e. The van der Waals surface area contributed by atoms with Crippen molar-refractivity contribution in [1.29, 1.82) is 0 Å². The Morgan fingerprint density at radius 1 is 1.41 bits per heavy atom. The fourth-order valence-electron chi connectivity index (χ4n) is 1.49. The summed E-state index contributed by atoms with van der Waals surface area (Å²) in [7, 11) is 1.88. The molecule has 0 aliphatic carbocycles. The number of amides is 1. The lowest BCUT2D eigenvalue weighted by molar-refractivity contribution is 0.101. The highest BCUT2D eigenvalue weighted by Crippen LogP contribution is 2.11. The molecule has 2 rings (SSSR count). The Kier molecular flexibility index (Phi) is 3.52. The Hall–Kier alpha value is -2.14. The van der Waals surface area contributed by atoms with E-state index in [-0.39, 0.29) is 11.6 Å². The molecule has 0 aliphatic rings. The van der Waals surface area contributed by atoms with Crippen molar-refractivity contribution in [2.45, 2.75) is 6.54 Å². The van der Waals surface area contributed by atoms with E-state index in [1.165, 1.54) is 12.3 Å². The molecule has 5 heteroatoms. The van der Waals surface area contributed by atoms with Crippen LogP contribution in [0.25, 0.3) is 0 Å². The van der Waals surface area contributed by atoms with Crippen LogP contribution in [-0.2, 0) is 6.54 Å². The molecule has 0 fully saturated rings. The van der Waals surface area contributed by atoms with E-state index < -0.39 is 0 Å². The lowest BCUT2D eigenvalue weighted by atomic mass is 10.2. The van der Waals surface area contributed by atoms with Crippen molar-refractivity contribution in [2.24, 2.45) is 0 Å². The molecule has 2 N–H and O–H groups in total. The van der Waals surface area contributed by atoms with Gasteiger partial charge >= 0.3 is 0 Å². The van der Waals surface area contributed by atoms with Crippen molar-refractivity contribution in [3.8, 4) is 0 Å². The Labute approximate surface area is 98.8 Å². The van der Waals surface area contributed by atoms with Crippen LogP contribution in [0.15, 0.2) is 41.1 Å². The van der Waals surface area contributed by atoms with Gasteiger partial charge < -0.3 is 15.2 Å². The first kappa shape index (κ1) is 11.3. The monoisotopic (exact) mass is 231 g/mol. The normalized spacial score (nSPS) is 10.2. The highest BCUT2D eigenvalue weighted by atomic mass is 16.5. The molecule has 0 radical (unpaired) electrons. The van der Waals surface area contributed by atoms with Gasteiger partial charge in [-0.15, -0.1) is 0 Å². The first-order valence-corrected chi connectivity index (χ1v) is 5.25. The molecule has 1 aromatic carbocycles. The van der Waals surface area contributed by atoms with Crippen molar-refractivity contribution >= 4 is 11.6 Å². The van der Waals surface area contributed by atoms with E-state index in [4.69, 9.17) is 0 Å². The van der Waals surface area contributed by atoms with Gasteiger partial charge in [0.2, 0.25) is 0 Å². The maximum absolute atomic E-state index is 11.7. The second-order valence-corrected chi connectivity index (χ2v) is 3.57. The molecule has 0 aliphatic heterocycles. The summed E-state index contributed by atoms with van der Waals surface area (Å²) >= 11 is 0. The van der Waals surface area contributed by atoms with Crippen LogP contribution in [0.3, 0.4) is 0 Å². The minimum Gasteiger partial charge on any atom is -0.364 e. The summed E-state index contributed by atoms with van der Waals surface area (Å²) in [5.74, 6) is -0.277. The van der Waals surface area contributed by atoms with Gasteiger partial charge in [-0.2, -0.15) is 0 Å². The molecule has 1 amide bonds. The fraction of sp³-hybridized carbons (Fsp3) is 0.167. The van der Waals surface area contributed by atoms with Crippen LogP contribution < -0.4 is 10.6 Å². The van der Waals surface area contributed by atoms with Crippen LogP contribution in [0, 0.1) is 0 Å². The van der Waals surface area contributed by atoms with Gasteiger partial charge in [-0.1, -0.05) is 17.3 Å². The summed E-state index contributed by atoms with van der Waals surface area (Å²) in [6.45, 7) is 0.758. The predicted molar refractivity (Wildman–Crippen MR) is 63.7 cm³/mol. The summed E-state index contributed by atoms with van der Waals surface area (Å²) in [6.07, 6.45) is 1.37. The van der Waals surface area contributed by atoms with Crippen LogP contribution in [-0.4, -0.2) is 18.1 Å². The number of aromatic nitrogens is 1. The minimum absolute atomic E-state index is 0.268. The quantitative estimate of drug-likeness (QED) is 0.839. The van der Waals surface area contributed by atoms with Crippen LogP contribution in [0.1, 0.15) is 16.1 Å². The van der Waals surface area contributed by atoms with E-state index in [1.54, 1.807) is 0 Å². The summed E-state index contributed by atoms with van der Waals surface area (Å²) in [6, 6.07) is 9.14. The zero-order chi connectivity index (χ0) is 12.1. The van der Waals surface area contributed by atoms with Crippen LogP contribution >= 0.6 is 0 Å². The molecule has 0 saturated heterocycles. The molecule has 1 heterocycles. The molecular weight excluding hydrogens is 218 g/mol. The molecule has 2 aromatic rings. The van der Waals surface area contributed by atoms with Gasteiger partial charge in [0.25, 0.3) is 5.91 Å². The van der Waals surface area contributed by atoms with E-state index in [2.05, 4.69) is 20.3 Å². The van der Waals surface area contributed by atoms with Crippen LogP contribution in [0.5, 0.6) is 0 Å². The Balaban J connectivity index is 2.08. The standard InChI is InChI=1S/C12H13N3O2/c1-13-8-9-3-2-4-10(7-9)14-12(16)11-5-6-17-15-11/h2-7,13H,8H2,1H3,(H,14,16). The topological polar surface area (TPSA) is 67.2 Å². The summed E-state index contributed by atoms with van der Waals surface area (Å²) in [5.41, 5.74) is 2.11. The third-order valence-corrected chi connectivity index (χ3v) is 2.24. The van der Waals surface area contributed by atoms with E-state index in [0.29, 0.717) is 0 Å². The Morgan fingerprint density at radius 2 is 2.29 bits per heavy atom. The molecule has 1 aromatic heterocycles. The molecule has 17 heavy (non-hydrogen) atoms. The maximum Gasteiger partial charge on any atom is 0.277 e. The van der Waals surface area contributed by atoms with Crippen molar-refractivity contribution in [3.05, 3.63) is 47.9 Å². The number of carbonyl (C=O) groups excluding carboxylic acids is 1. The smallest absolute Gasteiger partial charge is 0.277 e. The van der Waals surface area contributed by atoms with Crippen molar-refractivity contribution in [2.75, 3.05) is 12.4 Å². The number of carbonyl (C=O) groups is 1. The van der Waals surface area contributed by atoms with Crippen LogP contribution in [0.4, 0.5) is 5.69 Å². The summed E-state index contributed by atoms with van der Waals surface area (Å²) < 4.78 is 4.61. The first-order valence-electron chi connectivity index (χ1n) is 5.25. The van der Waals surface area contributed by atoms with E-state index >= 15 is 0 Å². The average Bonchev–Trinajstić information content (AvgIpc) is 2.83. The van der Waals surface area contributed by atoms with Crippen molar-refractivity contribution in [3.63, 3.8) is 0 Å². The van der Waals surface area contributed by atoms with E-state index in [9.17, 15) is 4.79 Å². The number of anilines is 1. The highest BCUT2D eigenvalue weighted by Gasteiger charge is 2.08. The fourth-order valence-corrected chi connectivity index (χ4v) is 1.49. The summed E-state index contributed by atoms with van der Waals surface area (Å²) in [5, 5.41) is 9.38. The Bertz CT molecular complexity index is 494. The lowest BCUT2D eigenvalue weighted by Gasteiger charge is -2.05. The lowest BCUT2D eigenvalue weighted by Crippen LogP contribution is -2.12. The molecule has 5 nitrogen and oxygen atoms in total. The molecule has 0 bridgehead atoms. The van der Waals surface area contributed by atoms with Gasteiger partial charge in [-0.25, -0.2) is 0 Å². The molecule has 0 saturated carbocycles. The average molecular weight is 231 g/mol. The number of hydrogen-bond acceptors (Lipinski definition) is 4. The Morgan fingerprint density at radius 3 is 3.00 bits per heavy atom. The van der Waals surface area contributed by atoms with E-state index in [1.807, 2.05) is 31.3 Å². The number of rotatable bonds is 4. The molecule has 88 valence electrons. The van der Waals surface area contributed by atoms with Crippen LogP contribution in [0.2, 0.25) is 0 Å². The summed E-state index contributed by atoms with van der Waals surface area (Å²) in [4.78, 5) is 11.7. The number of hydrogen-bond donors (Lipinski definition) is 2. The predicted octanol–water partition coefficient (Wildman–Crippen LogP) is 1.65. The molecule has 0 atom stereocenters. The minimum atomic E-state index is -0.277. The first-order chi connectivity index (χ1) is 8.29. The number of nitrogens with one attached hydrogen (secondary N) is 2. The molecule has 0 unspecified atom stereocenters. The van der Waals surface area contributed by atoms with Crippen molar-refractivity contribution in [1.82, 2.24) is 10.5 Å². The van der Waals surface area contributed by atoms with Gasteiger partial charge in [0, 0.05) is 18.3 Å². The maximum atomic E-state index is 11.7. The van der Waals surface area contributed by atoms with Gasteiger partial charge in [-0.3, -0.25) is 4.79 Å². The van der Waals surface area contributed by atoms with Gasteiger partial charge in [0.1, 0.15) is 6.26 Å². The van der Waals surface area contributed by atoms with E-state index in [0.717, 1.165) is 17.8 Å². The van der Waals surface area contributed by atoms with Gasteiger partial charge in [0.15, 0.2) is 5.69 Å². The SMILES string of the molecule is CNCc1cccc(NC(=O)c2ccon2)c1. The zero-order valence-electron chi connectivity index (χ0n) is 9.43. The zero-order valence-corrected chi connectivity index (χ0v) is 9.43. The van der Waals surface area contributed by atoms with Gasteiger partial charge in [0.05, 0.1) is 0 Å². The highest BCUT2D eigenvalue weighted by molar-refractivity contribution is 6.02. The molecular formula is C12H13N3O2. The number of nitrogens with zero attached hydrogens (tertiary/aromatic N) is 1.